The Balaban J connectivity index is 4.21. The fourth-order valence-electron chi connectivity index (χ4n) is 1.58. The van der Waals surface area contributed by atoms with Gasteiger partial charge in [0.2, 0.25) is 0 Å². The summed E-state index contributed by atoms with van der Waals surface area (Å²) in [5.74, 6) is 0. The Morgan fingerprint density at radius 1 is 1.00 bits per heavy atom. The van der Waals surface area contributed by atoms with Crippen LogP contribution < -0.4 is 0 Å². The number of rotatable bonds is 7. The van der Waals surface area contributed by atoms with Crippen molar-refractivity contribution in [2.75, 3.05) is 7.11 Å². The highest BCUT2D eigenvalue weighted by molar-refractivity contribution is 6.73. The Bertz CT molecular complexity index is 112. The zero-order chi connectivity index (χ0) is 10.3. The average Bonchev–Trinajstić information content (AvgIpc) is 2.21. The van der Waals surface area contributed by atoms with Gasteiger partial charge in [-0.15, -0.1) is 0 Å². The van der Waals surface area contributed by atoms with Crippen LogP contribution in [-0.2, 0) is 9.16 Å². The second-order valence-electron chi connectivity index (χ2n) is 3.44. The van der Waals surface area contributed by atoms with Crippen molar-refractivity contribution in [2.45, 2.75) is 58.5 Å². The van der Waals surface area contributed by atoms with E-state index in [4.69, 9.17) is 9.16 Å². The molecule has 0 aliphatic rings. The first-order chi connectivity index (χ1) is 6.17. The summed E-state index contributed by atoms with van der Waals surface area (Å²) in [4.78, 5) is 0. The van der Waals surface area contributed by atoms with Crippen LogP contribution in [0, 0.1) is 0 Å². The van der Waals surface area contributed by atoms with Gasteiger partial charge in [0.25, 0.3) is 0 Å². The first-order valence-electron chi connectivity index (χ1n) is 5.38. The third-order valence-corrected chi connectivity index (χ3v) is 7.54. The lowest BCUT2D eigenvalue weighted by Gasteiger charge is -2.31. The maximum atomic E-state index is 6.10. The van der Waals surface area contributed by atoms with Crippen molar-refractivity contribution in [3.05, 3.63) is 0 Å². The van der Waals surface area contributed by atoms with Gasteiger partial charge >= 0.3 is 0 Å². The Morgan fingerprint density at radius 3 is 1.69 bits per heavy atom. The summed E-state index contributed by atoms with van der Waals surface area (Å²) in [6.45, 7) is 8.82. The third-order valence-electron chi connectivity index (χ3n) is 2.91. The molecule has 1 unspecified atom stereocenters. The summed E-state index contributed by atoms with van der Waals surface area (Å²) in [6.07, 6.45) is 0.970. The van der Waals surface area contributed by atoms with Gasteiger partial charge in [0, 0.05) is 7.11 Å². The number of hydrogen-bond acceptors (Lipinski definition) is 2. The van der Waals surface area contributed by atoms with Crippen LogP contribution in [0.25, 0.3) is 0 Å². The normalized spacial score (nSPS) is 14.5. The predicted molar refractivity (Wildman–Crippen MR) is 59.4 cm³/mol. The van der Waals surface area contributed by atoms with Gasteiger partial charge in [-0.05, 0) is 24.6 Å². The highest BCUT2D eigenvalue weighted by atomic mass is 28.4. The zero-order valence-corrected chi connectivity index (χ0v) is 10.7. The van der Waals surface area contributed by atoms with Gasteiger partial charge in [0.15, 0.2) is 8.32 Å². The molecule has 0 fully saturated rings. The minimum Gasteiger partial charge on any atom is -0.392 e. The molecule has 0 aliphatic heterocycles. The monoisotopic (exact) mass is 204 g/mol. The Hall–Kier alpha value is 0.137. The lowest BCUT2D eigenvalue weighted by atomic mass is 10.5. The lowest BCUT2D eigenvalue weighted by Crippen LogP contribution is -2.40. The van der Waals surface area contributed by atoms with Gasteiger partial charge in [-0.1, -0.05) is 27.7 Å². The van der Waals surface area contributed by atoms with Crippen LogP contribution in [0.2, 0.25) is 18.1 Å². The predicted octanol–water partition coefficient (Wildman–Crippen LogP) is 3.39. The second-order valence-corrected chi connectivity index (χ2v) is 8.16. The Labute approximate surface area is 83.8 Å². The van der Waals surface area contributed by atoms with Crippen molar-refractivity contribution in [3.63, 3.8) is 0 Å². The van der Waals surface area contributed by atoms with Crippen LogP contribution in [0.3, 0.4) is 0 Å². The molecule has 0 saturated carbocycles. The molecule has 3 heteroatoms. The molecule has 0 aromatic heterocycles. The van der Waals surface area contributed by atoms with Crippen molar-refractivity contribution in [1.82, 2.24) is 0 Å². The van der Waals surface area contributed by atoms with Gasteiger partial charge in [-0.3, -0.25) is 0 Å². The molecule has 0 N–H and O–H groups in total. The van der Waals surface area contributed by atoms with Gasteiger partial charge in [0.1, 0.15) is 6.29 Å². The fraction of sp³-hybridized carbons (Fsp3) is 1.00. The van der Waals surface area contributed by atoms with E-state index in [1.807, 2.05) is 0 Å². The molecule has 2 nitrogen and oxygen atoms in total. The highest BCUT2D eigenvalue weighted by Gasteiger charge is 2.31. The van der Waals surface area contributed by atoms with Gasteiger partial charge in [-0.25, -0.2) is 0 Å². The Kier molecular flexibility index (Phi) is 6.64. The topological polar surface area (TPSA) is 18.5 Å². The molecule has 0 spiro atoms. The largest absolute Gasteiger partial charge is 0.392 e. The highest BCUT2D eigenvalue weighted by Crippen LogP contribution is 2.24. The zero-order valence-electron chi connectivity index (χ0n) is 9.72. The van der Waals surface area contributed by atoms with Gasteiger partial charge in [-0.2, -0.15) is 0 Å². The van der Waals surface area contributed by atoms with E-state index in [0.29, 0.717) is 0 Å². The molecule has 0 bridgehead atoms. The molecule has 0 aromatic rings. The smallest absolute Gasteiger partial charge is 0.195 e. The number of methoxy groups -OCH3 is 1. The van der Waals surface area contributed by atoms with E-state index in [1.54, 1.807) is 7.11 Å². The molecule has 0 amide bonds. The molecule has 1 atom stereocenters. The summed E-state index contributed by atoms with van der Waals surface area (Å²) in [5, 5.41) is 0. The summed E-state index contributed by atoms with van der Waals surface area (Å²) in [7, 11) is 0.283. The van der Waals surface area contributed by atoms with E-state index in [2.05, 4.69) is 27.7 Å². The van der Waals surface area contributed by atoms with Crippen LogP contribution in [0.4, 0.5) is 0 Å². The number of hydrogen-bond donors (Lipinski definition) is 0. The van der Waals surface area contributed by atoms with Crippen LogP contribution in [0.1, 0.15) is 34.1 Å². The van der Waals surface area contributed by atoms with Crippen LogP contribution in [0.15, 0.2) is 0 Å². The molecule has 0 rings (SSSR count). The van der Waals surface area contributed by atoms with Crippen molar-refractivity contribution in [3.8, 4) is 0 Å². The maximum Gasteiger partial charge on any atom is 0.195 e. The molecular weight excluding hydrogens is 180 g/mol. The van der Waals surface area contributed by atoms with E-state index in [0.717, 1.165) is 6.42 Å². The van der Waals surface area contributed by atoms with E-state index >= 15 is 0 Å². The standard InChI is InChI=1S/C10H24O2Si/c1-6-10(11-5)12-13(7-2,8-3)9-4/h10H,6-9H2,1-5H3. The Morgan fingerprint density at radius 2 is 1.46 bits per heavy atom. The van der Waals surface area contributed by atoms with Crippen molar-refractivity contribution in [1.29, 1.82) is 0 Å². The third kappa shape index (κ3) is 3.79. The van der Waals surface area contributed by atoms with E-state index < -0.39 is 8.32 Å². The van der Waals surface area contributed by atoms with Crippen LogP contribution >= 0.6 is 0 Å². The fourth-order valence-corrected chi connectivity index (χ4v) is 4.40. The number of ether oxygens (including phenoxy) is 1. The molecule has 0 aliphatic carbocycles. The molecule has 0 aromatic carbocycles. The minimum atomic E-state index is -1.45. The molecule has 80 valence electrons. The quantitative estimate of drug-likeness (QED) is 0.467. The summed E-state index contributed by atoms with van der Waals surface area (Å²) < 4.78 is 11.4. The van der Waals surface area contributed by atoms with Crippen molar-refractivity contribution in [2.24, 2.45) is 0 Å². The van der Waals surface area contributed by atoms with Crippen LogP contribution in [-0.4, -0.2) is 21.7 Å². The van der Waals surface area contributed by atoms with Crippen LogP contribution in [0.5, 0.6) is 0 Å². The first kappa shape index (κ1) is 13.1. The van der Waals surface area contributed by atoms with Crippen molar-refractivity contribution >= 4 is 8.32 Å². The SMILES string of the molecule is CCC(OC)O[Si](CC)(CC)CC. The minimum absolute atomic E-state index is 0.0199. The van der Waals surface area contributed by atoms with Crippen molar-refractivity contribution < 1.29 is 9.16 Å². The average molecular weight is 204 g/mol. The molecule has 0 radical (unpaired) electrons. The van der Waals surface area contributed by atoms with Gasteiger partial charge in [0.05, 0.1) is 0 Å². The van der Waals surface area contributed by atoms with Gasteiger partial charge < -0.3 is 9.16 Å². The molecule has 0 heterocycles. The second kappa shape index (κ2) is 6.57. The summed E-state index contributed by atoms with van der Waals surface area (Å²) >= 11 is 0. The summed E-state index contributed by atoms with van der Waals surface area (Å²) in [5.41, 5.74) is 0. The van der Waals surface area contributed by atoms with E-state index in [1.165, 1.54) is 18.1 Å². The van der Waals surface area contributed by atoms with E-state index in [-0.39, 0.29) is 6.29 Å². The molecule has 0 saturated heterocycles. The molecule has 13 heavy (non-hydrogen) atoms. The molecular formula is C10H24O2Si. The first-order valence-corrected chi connectivity index (χ1v) is 7.91. The van der Waals surface area contributed by atoms with E-state index in [9.17, 15) is 0 Å². The maximum absolute atomic E-state index is 6.10. The summed E-state index contributed by atoms with van der Waals surface area (Å²) in [6, 6.07) is 3.58. The lowest BCUT2D eigenvalue weighted by molar-refractivity contribution is -0.0629.